The molecule has 1 fully saturated rings. The second kappa shape index (κ2) is 15.7. The van der Waals surface area contributed by atoms with E-state index in [9.17, 15) is 20.1 Å². The summed E-state index contributed by atoms with van der Waals surface area (Å²) in [6.45, 7) is 6.90. The van der Waals surface area contributed by atoms with E-state index in [2.05, 4.69) is 5.32 Å². The van der Waals surface area contributed by atoms with Gasteiger partial charge in [0.15, 0.2) is 6.29 Å². The topological polar surface area (TPSA) is 127 Å². The Labute approximate surface area is 226 Å². The first-order chi connectivity index (χ1) is 17.0. The summed E-state index contributed by atoms with van der Waals surface area (Å²) in [5.41, 5.74) is -0.259. The molecule has 1 aliphatic heterocycles. The Balaban J connectivity index is 1.66. The monoisotopic (exact) mass is 569 g/mol. The van der Waals surface area contributed by atoms with Crippen molar-refractivity contribution in [2.24, 2.45) is 5.41 Å². The molecule has 0 radical (unpaired) electrons. The Morgan fingerprint density at radius 1 is 1.06 bits per heavy atom. The van der Waals surface area contributed by atoms with Gasteiger partial charge in [-0.1, -0.05) is 44.0 Å². The van der Waals surface area contributed by atoms with Crippen LogP contribution in [0.2, 0.25) is 10.0 Å². The first kappa shape index (κ1) is 31.6. The van der Waals surface area contributed by atoms with Crippen LogP contribution in [0.5, 0.6) is 0 Å². The van der Waals surface area contributed by atoms with E-state index in [0.29, 0.717) is 29.9 Å². The number of benzene rings is 1. The molecule has 1 heterocycles. The lowest BCUT2D eigenvalue weighted by atomic mass is 9.91. The maximum atomic E-state index is 12.4. The number of halogens is 2. The van der Waals surface area contributed by atoms with E-state index in [1.54, 1.807) is 17.8 Å². The van der Waals surface area contributed by atoms with Crippen LogP contribution in [0.15, 0.2) is 23.1 Å². The quantitative estimate of drug-likeness (QED) is 0.197. The van der Waals surface area contributed by atoms with Crippen LogP contribution in [0.1, 0.15) is 27.2 Å². The van der Waals surface area contributed by atoms with Crippen molar-refractivity contribution in [3.8, 4) is 0 Å². The molecule has 36 heavy (non-hydrogen) atoms. The molecule has 1 aromatic rings. The van der Waals surface area contributed by atoms with Gasteiger partial charge >= 0.3 is 0 Å². The van der Waals surface area contributed by atoms with Crippen LogP contribution in [0.4, 0.5) is 0 Å². The lowest BCUT2D eigenvalue weighted by molar-refractivity contribution is -0.272. The average Bonchev–Trinajstić information content (AvgIpc) is 2.80. The largest absolute Gasteiger partial charge is 0.394 e. The van der Waals surface area contributed by atoms with Crippen LogP contribution in [0, 0.1) is 5.41 Å². The van der Waals surface area contributed by atoms with Gasteiger partial charge in [0.1, 0.15) is 24.4 Å². The van der Waals surface area contributed by atoms with E-state index < -0.39 is 37.3 Å². The lowest BCUT2D eigenvalue weighted by Gasteiger charge is -2.42. The first-order valence-corrected chi connectivity index (χ1v) is 13.5. The smallest absolute Gasteiger partial charge is 0.221 e. The molecule has 1 aromatic carbocycles. The standard InChI is InChI=1S/C24H37Cl2NO8S/c1-24(2,3)13-19(29)27-20-22(31)21(30)18(14-28)35-23(20)34-9-8-32-6-7-33-10-11-36-15-4-5-16(25)17(26)12-15/h4-5,12,18,20-23,28,30-31H,6-11,13-14H2,1-3H3,(H,27,29)/t18-,20-,21-,22-,23-/m1/s1. The maximum absolute atomic E-state index is 12.4. The third-order valence-corrected chi connectivity index (χ3v) is 6.87. The number of carbonyl (C=O) groups excluding carboxylic acids is 1. The summed E-state index contributed by atoms with van der Waals surface area (Å²) >= 11 is 13.5. The summed E-state index contributed by atoms with van der Waals surface area (Å²) in [4.78, 5) is 13.4. The van der Waals surface area contributed by atoms with Crippen molar-refractivity contribution < 1.29 is 39.1 Å². The summed E-state index contributed by atoms with van der Waals surface area (Å²) in [5.74, 6) is 0.451. The number of carbonyl (C=O) groups is 1. The van der Waals surface area contributed by atoms with E-state index in [4.69, 9.17) is 42.1 Å². The van der Waals surface area contributed by atoms with Crippen LogP contribution >= 0.6 is 35.0 Å². The summed E-state index contributed by atoms with van der Waals surface area (Å²) < 4.78 is 22.3. The van der Waals surface area contributed by atoms with E-state index in [1.165, 1.54) is 0 Å². The molecule has 0 bridgehead atoms. The van der Waals surface area contributed by atoms with Gasteiger partial charge in [0, 0.05) is 17.1 Å². The van der Waals surface area contributed by atoms with Gasteiger partial charge in [-0.05, 0) is 23.6 Å². The van der Waals surface area contributed by atoms with E-state index in [0.717, 1.165) is 10.6 Å². The minimum atomic E-state index is -1.36. The third-order valence-electron chi connectivity index (χ3n) is 5.17. The first-order valence-electron chi connectivity index (χ1n) is 11.8. The van der Waals surface area contributed by atoms with Gasteiger partial charge in [-0.3, -0.25) is 4.79 Å². The van der Waals surface area contributed by atoms with Crippen molar-refractivity contribution in [2.75, 3.05) is 45.4 Å². The number of hydrogen-bond donors (Lipinski definition) is 4. The van der Waals surface area contributed by atoms with Gasteiger partial charge in [0.05, 0.1) is 49.7 Å². The molecule has 206 valence electrons. The van der Waals surface area contributed by atoms with Gasteiger partial charge in [-0.2, -0.15) is 0 Å². The summed E-state index contributed by atoms with van der Waals surface area (Å²) in [6.07, 6.45) is -4.59. The highest BCUT2D eigenvalue weighted by atomic mass is 35.5. The lowest BCUT2D eigenvalue weighted by Crippen LogP contribution is -2.65. The molecule has 9 nitrogen and oxygen atoms in total. The molecular weight excluding hydrogens is 533 g/mol. The number of ether oxygens (including phenoxy) is 4. The zero-order valence-corrected chi connectivity index (χ0v) is 23.2. The molecule has 1 saturated heterocycles. The Hall–Kier alpha value is -0.660. The number of amides is 1. The predicted molar refractivity (Wildman–Crippen MR) is 139 cm³/mol. The molecule has 5 atom stereocenters. The van der Waals surface area contributed by atoms with Crippen molar-refractivity contribution in [3.63, 3.8) is 0 Å². The Bertz CT molecular complexity index is 813. The van der Waals surface area contributed by atoms with E-state index in [1.807, 2.05) is 32.9 Å². The summed E-state index contributed by atoms with van der Waals surface area (Å²) in [6, 6.07) is 4.49. The number of aliphatic hydroxyl groups excluding tert-OH is 3. The van der Waals surface area contributed by atoms with Crippen molar-refractivity contribution in [2.45, 2.75) is 62.7 Å². The zero-order chi connectivity index (χ0) is 26.7. The number of aliphatic hydroxyl groups is 3. The number of rotatable bonds is 14. The molecule has 0 spiro atoms. The molecule has 0 saturated carbocycles. The zero-order valence-electron chi connectivity index (χ0n) is 20.8. The fourth-order valence-electron chi connectivity index (χ4n) is 3.43. The number of nitrogens with one attached hydrogen (secondary N) is 1. The van der Waals surface area contributed by atoms with Crippen LogP contribution in [-0.2, 0) is 23.7 Å². The molecule has 1 amide bonds. The Morgan fingerprint density at radius 2 is 1.72 bits per heavy atom. The normalized spacial score (nSPS) is 24.6. The third kappa shape index (κ3) is 11.0. The van der Waals surface area contributed by atoms with Crippen molar-refractivity contribution >= 4 is 40.9 Å². The highest BCUT2D eigenvalue weighted by Crippen LogP contribution is 2.28. The van der Waals surface area contributed by atoms with Crippen molar-refractivity contribution in [1.29, 1.82) is 0 Å². The summed E-state index contributed by atoms with van der Waals surface area (Å²) in [5, 5.41) is 33.9. The highest BCUT2D eigenvalue weighted by molar-refractivity contribution is 7.99. The average molecular weight is 571 g/mol. The fraction of sp³-hybridized carbons (Fsp3) is 0.708. The van der Waals surface area contributed by atoms with Gasteiger partial charge in [0.25, 0.3) is 0 Å². The minimum Gasteiger partial charge on any atom is -0.394 e. The van der Waals surface area contributed by atoms with Gasteiger partial charge in [-0.15, -0.1) is 11.8 Å². The van der Waals surface area contributed by atoms with Crippen molar-refractivity contribution in [3.05, 3.63) is 28.2 Å². The molecular formula is C24H37Cl2NO8S. The summed E-state index contributed by atoms with van der Waals surface area (Å²) in [7, 11) is 0. The highest BCUT2D eigenvalue weighted by Gasteiger charge is 2.45. The molecule has 0 unspecified atom stereocenters. The van der Waals surface area contributed by atoms with Crippen LogP contribution in [-0.4, -0.2) is 97.3 Å². The SMILES string of the molecule is CC(C)(C)CC(=O)N[C@H]1[C@H](OCCOCCOCCSc2ccc(Cl)c(Cl)c2)O[C@H](CO)[C@@H](O)[C@@H]1O. The predicted octanol–water partition coefficient (Wildman–Crippen LogP) is 2.50. The molecule has 0 aromatic heterocycles. The second-order valence-electron chi connectivity index (χ2n) is 9.56. The van der Waals surface area contributed by atoms with Gasteiger partial charge in [0.2, 0.25) is 5.91 Å². The second-order valence-corrected chi connectivity index (χ2v) is 11.5. The Kier molecular flexibility index (Phi) is 13.7. The van der Waals surface area contributed by atoms with Crippen LogP contribution in [0.3, 0.4) is 0 Å². The van der Waals surface area contributed by atoms with Crippen molar-refractivity contribution in [1.82, 2.24) is 5.32 Å². The van der Waals surface area contributed by atoms with Gasteiger partial charge < -0.3 is 39.6 Å². The Morgan fingerprint density at radius 3 is 2.36 bits per heavy atom. The molecule has 2 rings (SSSR count). The van der Waals surface area contributed by atoms with Crippen LogP contribution < -0.4 is 5.32 Å². The number of hydrogen-bond acceptors (Lipinski definition) is 9. The van der Waals surface area contributed by atoms with E-state index in [-0.39, 0.29) is 31.0 Å². The molecule has 4 N–H and O–H groups in total. The maximum Gasteiger partial charge on any atom is 0.221 e. The fourth-order valence-corrected chi connectivity index (χ4v) is 4.59. The van der Waals surface area contributed by atoms with Crippen LogP contribution in [0.25, 0.3) is 0 Å². The number of thioether (sulfide) groups is 1. The molecule has 12 heteroatoms. The minimum absolute atomic E-state index is 0.116. The van der Waals surface area contributed by atoms with Gasteiger partial charge in [-0.25, -0.2) is 0 Å². The van der Waals surface area contributed by atoms with E-state index >= 15 is 0 Å². The molecule has 0 aliphatic carbocycles. The molecule has 1 aliphatic rings.